The topological polar surface area (TPSA) is 64.4 Å². The zero-order chi connectivity index (χ0) is 21.4. The van der Waals surface area contributed by atoms with E-state index in [1.54, 1.807) is 12.1 Å². The number of carbonyl (C=O) groups is 1. The number of imidazole rings is 1. The Hall–Kier alpha value is -4.12. The summed E-state index contributed by atoms with van der Waals surface area (Å²) in [5.41, 5.74) is 5.65. The van der Waals surface area contributed by atoms with Gasteiger partial charge < -0.3 is 14.4 Å². The van der Waals surface area contributed by atoms with Gasteiger partial charge in [-0.25, -0.2) is 9.78 Å². The van der Waals surface area contributed by atoms with Crippen molar-refractivity contribution in [3.05, 3.63) is 96.3 Å². The van der Waals surface area contributed by atoms with E-state index >= 15 is 0 Å². The van der Waals surface area contributed by atoms with Crippen molar-refractivity contribution in [1.29, 1.82) is 0 Å². The first kappa shape index (κ1) is 18.9. The third kappa shape index (κ3) is 3.51. The van der Waals surface area contributed by atoms with Crippen molar-refractivity contribution in [2.75, 3.05) is 7.11 Å². The molecule has 1 aromatic heterocycles. The van der Waals surface area contributed by atoms with Crippen molar-refractivity contribution in [1.82, 2.24) is 9.55 Å². The minimum absolute atomic E-state index is 0.166. The van der Waals surface area contributed by atoms with Gasteiger partial charge >= 0.3 is 5.97 Å². The number of benzene rings is 4. The van der Waals surface area contributed by atoms with Gasteiger partial charge in [-0.1, -0.05) is 48.5 Å². The predicted molar refractivity (Wildman–Crippen MR) is 122 cm³/mol. The minimum atomic E-state index is -0.996. The largest absolute Gasteiger partial charge is 0.496 e. The highest BCUT2D eigenvalue weighted by atomic mass is 16.5. The molecule has 0 radical (unpaired) electrons. The Kier molecular flexibility index (Phi) is 4.64. The summed E-state index contributed by atoms with van der Waals surface area (Å²) in [7, 11) is 1.49. The molecular formula is C26H20N2O3. The fourth-order valence-electron chi connectivity index (χ4n) is 3.93. The van der Waals surface area contributed by atoms with Gasteiger partial charge in [0.25, 0.3) is 0 Å². The Morgan fingerprint density at radius 2 is 1.71 bits per heavy atom. The number of fused-ring (bicyclic) bond motifs is 2. The quantitative estimate of drug-likeness (QED) is 0.410. The molecule has 5 nitrogen and oxygen atoms in total. The van der Waals surface area contributed by atoms with Gasteiger partial charge in [-0.15, -0.1) is 0 Å². The molecule has 1 heterocycles. The number of hydrogen-bond acceptors (Lipinski definition) is 3. The van der Waals surface area contributed by atoms with E-state index < -0.39 is 5.97 Å². The number of carboxylic acids is 1. The van der Waals surface area contributed by atoms with Gasteiger partial charge in [0.1, 0.15) is 11.3 Å². The summed E-state index contributed by atoms with van der Waals surface area (Å²) in [5.74, 6) is -0.635. The van der Waals surface area contributed by atoms with E-state index in [1.165, 1.54) is 12.7 Å². The molecule has 152 valence electrons. The predicted octanol–water partition coefficient (Wildman–Crippen LogP) is 5.61. The molecule has 5 rings (SSSR count). The van der Waals surface area contributed by atoms with Crippen LogP contribution in [0.25, 0.3) is 32.9 Å². The summed E-state index contributed by atoms with van der Waals surface area (Å²) in [6.45, 7) is 0.758. The van der Waals surface area contributed by atoms with Crippen LogP contribution in [0.1, 0.15) is 15.9 Å². The number of nitrogens with zero attached hydrogens (tertiary/aromatic N) is 2. The lowest BCUT2D eigenvalue weighted by atomic mass is 9.98. The average molecular weight is 408 g/mol. The third-order valence-electron chi connectivity index (χ3n) is 5.56. The standard InChI is InChI=1S/C26H20N2O3/c1-31-25-14-21-12-19(10-11-20(21)13-22(25)26(29)30)18-8-6-17(7-9-18)15-28-16-27-23-4-2-3-5-24(23)28/h2-14,16H,15H2,1H3,(H,29,30). The number of carboxylic acid groups (broad SMARTS) is 1. The maximum absolute atomic E-state index is 11.4. The maximum Gasteiger partial charge on any atom is 0.339 e. The molecule has 1 N–H and O–H groups in total. The van der Waals surface area contributed by atoms with Gasteiger partial charge in [-0.2, -0.15) is 0 Å². The van der Waals surface area contributed by atoms with Crippen LogP contribution in [0.4, 0.5) is 0 Å². The van der Waals surface area contributed by atoms with Gasteiger partial charge in [0.15, 0.2) is 0 Å². The first-order valence-electron chi connectivity index (χ1n) is 9.96. The molecule has 0 saturated heterocycles. The van der Waals surface area contributed by atoms with Crippen LogP contribution in [0.15, 0.2) is 85.2 Å². The number of para-hydroxylation sites is 2. The van der Waals surface area contributed by atoms with E-state index in [0.717, 1.165) is 39.5 Å². The monoisotopic (exact) mass is 408 g/mol. The van der Waals surface area contributed by atoms with Crippen LogP contribution in [-0.2, 0) is 6.54 Å². The molecule has 0 aliphatic heterocycles. The molecule has 0 atom stereocenters. The molecule has 5 aromatic rings. The van der Waals surface area contributed by atoms with E-state index in [0.29, 0.717) is 5.75 Å². The molecule has 0 spiro atoms. The van der Waals surface area contributed by atoms with Crippen LogP contribution in [0.5, 0.6) is 5.75 Å². The molecule has 0 amide bonds. The number of aromatic nitrogens is 2. The van der Waals surface area contributed by atoms with Crippen LogP contribution in [0.3, 0.4) is 0 Å². The van der Waals surface area contributed by atoms with Gasteiger partial charge in [0.2, 0.25) is 0 Å². The van der Waals surface area contributed by atoms with Crippen molar-refractivity contribution >= 4 is 27.8 Å². The van der Waals surface area contributed by atoms with Crippen molar-refractivity contribution in [2.45, 2.75) is 6.54 Å². The first-order chi connectivity index (χ1) is 15.1. The second kappa shape index (κ2) is 7.61. The zero-order valence-electron chi connectivity index (χ0n) is 16.9. The highest BCUT2D eigenvalue weighted by Crippen LogP contribution is 2.30. The number of methoxy groups -OCH3 is 1. The van der Waals surface area contributed by atoms with Gasteiger partial charge in [-0.3, -0.25) is 0 Å². The Bertz CT molecular complexity index is 1420. The van der Waals surface area contributed by atoms with Gasteiger partial charge in [-0.05, 0) is 57.8 Å². The molecule has 31 heavy (non-hydrogen) atoms. The highest BCUT2D eigenvalue weighted by molar-refractivity contribution is 5.98. The Morgan fingerprint density at radius 3 is 2.48 bits per heavy atom. The number of aromatic carboxylic acids is 1. The second-order valence-electron chi connectivity index (χ2n) is 7.48. The maximum atomic E-state index is 11.4. The molecule has 4 aromatic carbocycles. The first-order valence-corrected chi connectivity index (χ1v) is 9.96. The fourth-order valence-corrected chi connectivity index (χ4v) is 3.93. The van der Waals surface area contributed by atoms with Crippen molar-refractivity contribution < 1.29 is 14.6 Å². The summed E-state index contributed by atoms with van der Waals surface area (Å²) >= 11 is 0. The zero-order valence-corrected chi connectivity index (χ0v) is 16.9. The van der Waals surface area contributed by atoms with Crippen molar-refractivity contribution in [2.24, 2.45) is 0 Å². The number of hydrogen-bond donors (Lipinski definition) is 1. The Balaban J connectivity index is 1.45. The highest BCUT2D eigenvalue weighted by Gasteiger charge is 2.13. The molecule has 0 saturated carbocycles. The molecule has 5 heteroatoms. The minimum Gasteiger partial charge on any atom is -0.496 e. The molecule has 0 bridgehead atoms. The van der Waals surface area contributed by atoms with Crippen LogP contribution in [0.2, 0.25) is 0 Å². The van der Waals surface area contributed by atoms with Gasteiger partial charge in [0, 0.05) is 6.54 Å². The summed E-state index contributed by atoms with van der Waals surface area (Å²) < 4.78 is 7.41. The third-order valence-corrected chi connectivity index (χ3v) is 5.56. The molecular weight excluding hydrogens is 388 g/mol. The van der Waals surface area contributed by atoms with Crippen molar-refractivity contribution in [3.8, 4) is 16.9 Å². The van der Waals surface area contributed by atoms with E-state index in [9.17, 15) is 9.90 Å². The molecule has 0 aliphatic carbocycles. The Labute approximate surface area is 179 Å². The summed E-state index contributed by atoms with van der Waals surface area (Å²) in [6, 6.07) is 26.0. The molecule has 0 unspecified atom stereocenters. The SMILES string of the molecule is COc1cc2cc(-c3ccc(Cn4cnc5ccccc54)cc3)ccc2cc1C(=O)O. The summed E-state index contributed by atoms with van der Waals surface area (Å²) in [5, 5.41) is 11.2. The molecule has 0 fully saturated rings. The fraction of sp³-hybridized carbons (Fsp3) is 0.0769. The van der Waals surface area contributed by atoms with E-state index in [1.807, 2.05) is 36.7 Å². The van der Waals surface area contributed by atoms with E-state index in [2.05, 4.69) is 45.9 Å². The summed E-state index contributed by atoms with van der Waals surface area (Å²) in [4.78, 5) is 15.9. The van der Waals surface area contributed by atoms with Crippen LogP contribution in [0, 0.1) is 0 Å². The lowest BCUT2D eigenvalue weighted by molar-refractivity contribution is 0.0693. The van der Waals surface area contributed by atoms with Crippen LogP contribution in [-0.4, -0.2) is 27.7 Å². The molecule has 0 aliphatic rings. The normalized spacial score (nSPS) is 11.1. The van der Waals surface area contributed by atoms with Crippen molar-refractivity contribution in [3.63, 3.8) is 0 Å². The summed E-state index contributed by atoms with van der Waals surface area (Å²) in [6.07, 6.45) is 1.88. The number of rotatable bonds is 5. The van der Waals surface area contributed by atoms with E-state index in [-0.39, 0.29) is 5.56 Å². The second-order valence-corrected chi connectivity index (χ2v) is 7.48. The Morgan fingerprint density at radius 1 is 0.935 bits per heavy atom. The average Bonchev–Trinajstić information content (AvgIpc) is 3.21. The van der Waals surface area contributed by atoms with Crippen LogP contribution >= 0.6 is 0 Å². The lowest BCUT2D eigenvalue weighted by Gasteiger charge is -2.10. The smallest absolute Gasteiger partial charge is 0.339 e. The lowest BCUT2D eigenvalue weighted by Crippen LogP contribution is -2.00. The van der Waals surface area contributed by atoms with Crippen LogP contribution < -0.4 is 4.74 Å². The van der Waals surface area contributed by atoms with Gasteiger partial charge in [0.05, 0.1) is 24.5 Å². The number of ether oxygens (including phenoxy) is 1. The van der Waals surface area contributed by atoms with E-state index in [4.69, 9.17) is 4.74 Å².